The molecule has 5 rings (SSSR count). The van der Waals surface area contributed by atoms with Gasteiger partial charge in [0.25, 0.3) is 0 Å². The minimum atomic E-state index is 0.649. The molecule has 0 bridgehead atoms. The van der Waals surface area contributed by atoms with Crippen LogP contribution < -0.4 is 0 Å². The number of hydrogen-bond donors (Lipinski definition) is 0. The molecule has 1 aromatic carbocycles. The summed E-state index contributed by atoms with van der Waals surface area (Å²) in [4.78, 5) is 7.49. The van der Waals surface area contributed by atoms with Crippen molar-refractivity contribution < 1.29 is 4.74 Å². The second kappa shape index (κ2) is 8.15. The number of thiazole rings is 1. The van der Waals surface area contributed by atoms with E-state index in [0.717, 1.165) is 54.7 Å². The summed E-state index contributed by atoms with van der Waals surface area (Å²) in [6.45, 7) is 6.11. The van der Waals surface area contributed by atoms with E-state index in [0.29, 0.717) is 5.92 Å². The average Bonchev–Trinajstić information content (AvgIpc) is 3.44. The monoisotopic (exact) mass is 415 g/mol. The minimum absolute atomic E-state index is 0.649. The normalized spacial score (nSPS) is 19.0. The lowest BCUT2D eigenvalue weighted by molar-refractivity contribution is 0.0616. The summed E-state index contributed by atoms with van der Waals surface area (Å²) in [5, 5.41) is 5.36. The molecule has 4 heterocycles. The Kier molecular flexibility index (Phi) is 5.42. The molecule has 0 unspecified atom stereocenters. The third-order valence-electron chi connectivity index (χ3n) is 6.01. The van der Waals surface area contributed by atoms with E-state index in [1.807, 2.05) is 12.1 Å². The summed E-state index contributed by atoms with van der Waals surface area (Å²) >= 11 is 8.38. The smallest absolute Gasteiger partial charge is 0.125 e. The van der Waals surface area contributed by atoms with Gasteiger partial charge < -0.3 is 9.30 Å². The van der Waals surface area contributed by atoms with Gasteiger partial charge in [0.2, 0.25) is 0 Å². The number of fused-ring (bicyclic) bond motifs is 1. The number of aromatic nitrogens is 2. The van der Waals surface area contributed by atoms with Crippen molar-refractivity contribution in [2.75, 3.05) is 26.3 Å². The van der Waals surface area contributed by atoms with Gasteiger partial charge in [0.05, 0.1) is 16.2 Å². The maximum Gasteiger partial charge on any atom is 0.125 e. The Balaban J connectivity index is 1.47. The molecule has 0 atom stereocenters. The fourth-order valence-electron chi connectivity index (χ4n) is 4.51. The van der Waals surface area contributed by atoms with Crippen LogP contribution in [-0.4, -0.2) is 40.8 Å². The lowest BCUT2D eigenvalue weighted by atomic mass is 10.0. The second-order valence-corrected chi connectivity index (χ2v) is 9.28. The molecular weight excluding hydrogens is 390 g/mol. The molecule has 0 amide bonds. The van der Waals surface area contributed by atoms with Gasteiger partial charge in [-0.15, -0.1) is 11.3 Å². The van der Waals surface area contributed by atoms with E-state index >= 15 is 0 Å². The average molecular weight is 416 g/mol. The van der Waals surface area contributed by atoms with Gasteiger partial charge in [-0.2, -0.15) is 0 Å². The lowest BCUT2D eigenvalue weighted by Crippen LogP contribution is -2.20. The predicted molar refractivity (Wildman–Crippen MR) is 116 cm³/mol. The topological polar surface area (TPSA) is 30.3 Å². The van der Waals surface area contributed by atoms with Gasteiger partial charge in [-0.3, -0.25) is 4.90 Å². The molecule has 2 aromatic heterocycles. The van der Waals surface area contributed by atoms with Crippen molar-refractivity contribution in [2.45, 2.75) is 38.8 Å². The third kappa shape index (κ3) is 3.73. The molecule has 2 saturated heterocycles. The van der Waals surface area contributed by atoms with E-state index in [-0.39, 0.29) is 0 Å². The number of hydrogen-bond acceptors (Lipinski definition) is 4. The molecule has 28 heavy (non-hydrogen) atoms. The standard InChI is InChI=1S/C22H26ClN3OS/c23-20-5-3-4-18-19(14-26(21(18)20)12-16-6-10-27-11-7-16)22-24-17(15-28-22)13-25-8-1-2-9-25/h3-5,14-16H,1-2,6-13H2. The van der Waals surface area contributed by atoms with Crippen molar-refractivity contribution in [3.8, 4) is 10.6 Å². The van der Waals surface area contributed by atoms with E-state index < -0.39 is 0 Å². The molecule has 0 spiro atoms. The number of halogens is 1. The van der Waals surface area contributed by atoms with Gasteiger partial charge in [-0.1, -0.05) is 23.7 Å². The van der Waals surface area contributed by atoms with Crippen LogP contribution in [0.25, 0.3) is 21.5 Å². The van der Waals surface area contributed by atoms with Crippen LogP contribution in [0.15, 0.2) is 29.8 Å². The molecule has 3 aromatic rings. The molecule has 148 valence electrons. The Morgan fingerprint density at radius 1 is 1.18 bits per heavy atom. The first-order chi connectivity index (χ1) is 13.8. The molecule has 0 N–H and O–H groups in total. The zero-order valence-electron chi connectivity index (χ0n) is 16.1. The first kappa shape index (κ1) is 18.6. The Morgan fingerprint density at radius 3 is 2.82 bits per heavy atom. The zero-order chi connectivity index (χ0) is 18.9. The van der Waals surface area contributed by atoms with Gasteiger partial charge in [0.15, 0.2) is 0 Å². The highest BCUT2D eigenvalue weighted by Gasteiger charge is 2.20. The quantitative estimate of drug-likeness (QED) is 0.555. The SMILES string of the molecule is Clc1cccc2c(-c3nc(CN4CCCC4)cs3)cn(CC3CCOCC3)c12. The highest BCUT2D eigenvalue weighted by molar-refractivity contribution is 7.13. The summed E-state index contributed by atoms with van der Waals surface area (Å²) in [6, 6.07) is 6.22. The molecule has 6 heteroatoms. The summed E-state index contributed by atoms with van der Waals surface area (Å²) in [7, 11) is 0. The number of ether oxygens (including phenoxy) is 1. The Morgan fingerprint density at radius 2 is 2.00 bits per heavy atom. The number of likely N-dealkylation sites (tertiary alicyclic amines) is 1. The van der Waals surface area contributed by atoms with Crippen LogP contribution in [0, 0.1) is 5.92 Å². The fourth-order valence-corrected chi connectivity index (χ4v) is 5.63. The highest BCUT2D eigenvalue weighted by Crippen LogP contribution is 2.37. The molecule has 0 radical (unpaired) electrons. The predicted octanol–water partition coefficient (Wildman–Crippen LogP) is 5.44. The van der Waals surface area contributed by atoms with Crippen molar-refractivity contribution in [2.24, 2.45) is 5.92 Å². The Labute approximate surface area is 175 Å². The second-order valence-electron chi connectivity index (χ2n) is 8.01. The van der Waals surface area contributed by atoms with Gasteiger partial charge in [0, 0.05) is 48.8 Å². The summed E-state index contributed by atoms with van der Waals surface area (Å²) in [5.41, 5.74) is 3.54. The van der Waals surface area contributed by atoms with Crippen molar-refractivity contribution in [1.29, 1.82) is 0 Å². The van der Waals surface area contributed by atoms with Gasteiger partial charge in [-0.05, 0) is 50.8 Å². The van der Waals surface area contributed by atoms with Gasteiger partial charge in [0.1, 0.15) is 5.01 Å². The maximum atomic E-state index is 6.63. The van der Waals surface area contributed by atoms with E-state index in [4.69, 9.17) is 21.3 Å². The lowest BCUT2D eigenvalue weighted by Gasteiger charge is -2.23. The summed E-state index contributed by atoms with van der Waals surface area (Å²) in [6.07, 6.45) is 7.14. The van der Waals surface area contributed by atoms with Crippen molar-refractivity contribution in [1.82, 2.24) is 14.5 Å². The van der Waals surface area contributed by atoms with Crippen LogP contribution in [0.2, 0.25) is 5.02 Å². The van der Waals surface area contributed by atoms with E-state index in [2.05, 4.69) is 27.1 Å². The largest absolute Gasteiger partial charge is 0.381 e. The molecule has 2 aliphatic heterocycles. The number of nitrogens with zero attached hydrogens (tertiary/aromatic N) is 3. The minimum Gasteiger partial charge on any atom is -0.381 e. The number of para-hydroxylation sites is 1. The maximum absolute atomic E-state index is 6.63. The fraction of sp³-hybridized carbons (Fsp3) is 0.500. The molecule has 0 aliphatic carbocycles. The van der Waals surface area contributed by atoms with Crippen LogP contribution in [0.5, 0.6) is 0 Å². The third-order valence-corrected chi connectivity index (χ3v) is 7.24. The molecule has 2 aliphatic rings. The van der Waals surface area contributed by atoms with E-state index in [1.54, 1.807) is 11.3 Å². The van der Waals surface area contributed by atoms with Crippen LogP contribution in [0.1, 0.15) is 31.4 Å². The van der Waals surface area contributed by atoms with Crippen molar-refractivity contribution in [3.05, 3.63) is 40.5 Å². The molecule has 4 nitrogen and oxygen atoms in total. The van der Waals surface area contributed by atoms with Crippen LogP contribution in [-0.2, 0) is 17.8 Å². The van der Waals surface area contributed by atoms with E-state index in [1.165, 1.54) is 42.6 Å². The zero-order valence-corrected chi connectivity index (χ0v) is 17.6. The van der Waals surface area contributed by atoms with Gasteiger partial charge >= 0.3 is 0 Å². The van der Waals surface area contributed by atoms with Crippen molar-refractivity contribution in [3.63, 3.8) is 0 Å². The van der Waals surface area contributed by atoms with Crippen LogP contribution in [0.4, 0.5) is 0 Å². The summed E-state index contributed by atoms with van der Waals surface area (Å²) in [5.74, 6) is 0.649. The first-order valence-electron chi connectivity index (χ1n) is 10.3. The molecule has 0 saturated carbocycles. The first-order valence-corrected chi connectivity index (χ1v) is 11.6. The number of benzene rings is 1. The Hall–Kier alpha value is -1.40. The highest BCUT2D eigenvalue weighted by atomic mass is 35.5. The van der Waals surface area contributed by atoms with Gasteiger partial charge in [-0.25, -0.2) is 4.98 Å². The number of rotatable bonds is 5. The molecular formula is C22H26ClN3OS. The Bertz CT molecular complexity index is 954. The molecule has 2 fully saturated rings. The van der Waals surface area contributed by atoms with E-state index in [9.17, 15) is 0 Å². The summed E-state index contributed by atoms with van der Waals surface area (Å²) < 4.78 is 7.88. The van der Waals surface area contributed by atoms with Crippen LogP contribution in [0.3, 0.4) is 0 Å². The van der Waals surface area contributed by atoms with Crippen molar-refractivity contribution >= 4 is 33.8 Å². The van der Waals surface area contributed by atoms with Crippen LogP contribution >= 0.6 is 22.9 Å².